The third kappa shape index (κ3) is 2.32. The third-order valence-electron chi connectivity index (χ3n) is 2.27. The van der Waals surface area contributed by atoms with Crippen molar-refractivity contribution >= 4 is 17.3 Å². The average molecular weight is 244 g/mol. The van der Waals surface area contributed by atoms with Crippen LogP contribution in [0.1, 0.15) is 11.9 Å². The van der Waals surface area contributed by atoms with E-state index < -0.39 is 11.2 Å². The highest BCUT2D eigenvalue weighted by Crippen LogP contribution is 2.29. The van der Waals surface area contributed by atoms with Gasteiger partial charge in [-0.05, 0) is 0 Å². The number of ether oxygens (including phenoxy) is 2. The van der Waals surface area contributed by atoms with Crippen molar-refractivity contribution < 1.29 is 14.4 Å². The first-order valence-electron chi connectivity index (χ1n) is 4.78. The Morgan fingerprint density at radius 2 is 2.38 bits per heavy atom. The largest absolute Gasteiger partial charge is 0.346 e. The summed E-state index contributed by atoms with van der Waals surface area (Å²) in [5.74, 6) is 0.353. The van der Waals surface area contributed by atoms with Gasteiger partial charge in [0.1, 0.15) is 0 Å². The zero-order chi connectivity index (χ0) is 11.5. The van der Waals surface area contributed by atoms with Crippen molar-refractivity contribution in [3.8, 4) is 0 Å². The number of non-ortho nitro benzene ring substituents is 1. The minimum atomic E-state index is -0.552. The maximum Gasteiger partial charge on any atom is 0.269 e. The van der Waals surface area contributed by atoms with E-state index in [2.05, 4.69) is 0 Å². The van der Waals surface area contributed by atoms with Crippen LogP contribution in [0, 0.1) is 10.1 Å². The molecule has 0 aromatic heterocycles. The first kappa shape index (κ1) is 11.3. The first-order valence-corrected chi connectivity index (χ1v) is 5.31. The lowest BCUT2D eigenvalue weighted by atomic mass is 10.2. The molecule has 0 N–H and O–H groups in total. The molecule has 1 aliphatic rings. The van der Waals surface area contributed by atoms with Crippen molar-refractivity contribution in [1.29, 1.82) is 0 Å². The lowest BCUT2D eigenvalue weighted by molar-refractivity contribution is -0.385. The van der Waals surface area contributed by atoms with Crippen LogP contribution in [0.15, 0.2) is 24.3 Å². The van der Waals surface area contributed by atoms with Gasteiger partial charge in [0.15, 0.2) is 6.29 Å². The molecule has 6 heteroatoms. The van der Waals surface area contributed by atoms with Gasteiger partial charge in [0.05, 0.1) is 23.5 Å². The molecule has 1 aromatic rings. The number of rotatable bonds is 3. The molecule has 0 radical (unpaired) electrons. The molecule has 2 atom stereocenters. The molecule has 1 aromatic carbocycles. The van der Waals surface area contributed by atoms with Gasteiger partial charge in [0.2, 0.25) is 0 Å². The van der Waals surface area contributed by atoms with Crippen LogP contribution in [0.2, 0.25) is 0 Å². The van der Waals surface area contributed by atoms with Gasteiger partial charge < -0.3 is 9.47 Å². The van der Waals surface area contributed by atoms with Crippen molar-refractivity contribution in [2.45, 2.75) is 12.4 Å². The molecule has 1 fully saturated rings. The van der Waals surface area contributed by atoms with Crippen molar-refractivity contribution in [3.05, 3.63) is 39.9 Å². The maximum atomic E-state index is 10.6. The summed E-state index contributed by atoms with van der Waals surface area (Å²) < 4.78 is 10.8. The van der Waals surface area contributed by atoms with Crippen LogP contribution < -0.4 is 0 Å². The summed E-state index contributed by atoms with van der Waals surface area (Å²) in [5.41, 5.74) is 0.667. The van der Waals surface area contributed by atoms with Crippen molar-refractivity contribution in [3.63, 3.8) is 0 Å². The van der Waals surface area contributed by atoms with E-state index in [1.165, 1.54) is 12.1 Å². The Labute approximate surface area is 97.1 Å². The molecule has 2 rings (SSSR count). The van der Waals surface area contributed by atoms with E-state index in [-0.39, 0.29) is 11.8 Å². The second-order valence-corrected chi connectivity index (χ2v) is 3.74. The number of nitro benzene ring substituents is 1. The van der Waals surface area contributed by atoms with Gasteiger partial charge in [0, 0.05) is 17.7 Å². The summed E-state index contributed by atoms with van der Waals surface area (Å²) in [6, 6.07) is 6.21. The zero-order valence-corrected chi connectivity index (χ0v) is 9.09. The zero-order valence-electron chi connectivity index (χ0n) is 8.34. The molecule has 0 unspecified atom stereocenters. The second-order valence-electron chi connectivity index (χ2n) is 3.43. The van der Waals surface area contributed by atoms with Gasteiger partial charge in [-0.25, -0.2) is 0 Å². The number of nitro groups is 1. The maximum absolute atomic E-state index is 10.6. The molecule has 1 saturated heterocycles. The summed E-state index contributed by atoms with van der Waals surface area (Å²) in [5, 5.41) is 10.6. The quantitative estimate of drug-likeness (QED) is 0.464. The lowest BCUT2D eigenvalue weighted by Crippen LogP contribution is -2.10. The van der Waals surface area contributed by atoms with E-state index in [0.717, 1.165) is 0 Å². The average Bonchev–Trinajstić information content (AvgIpc) is 2.77. The molecule has 1 heterocycles. The molecule has 86 valence electrons. The number of hydrogen-bond donors (Lipinski definition) is 0. The Balaban J connectivity index is 2.15. The van der Waals surface area contributed by atoms with Crippen LogP contribution in [-0.4, -0.2) is 23.5 Å². The lowest BCUT2D eigenvalue weighted by Gasteiger charge is -2.09. The topological polar surface area (TPSA) is 61.6 Å². The molecule has 5 nitrogen and oxygen atoms in total. The van der Waals surface area contributed by atoms with Crippen molar-refractivity contribution in [2.24, 2.45) is 0 Å². The molecular weight excluding hydrogens is 234 g/mol. The van der Waals surface area contributed by atoms with Gasteiger partial charge in [-0.2, -0.15) is 0 Å². The van der Waals surface area contributed by atoms with E-state index in [0.29, 0.717) is 18.1 Å². The molecule has 16 heavy (non-hydrogen) atoms. The monoisotopic (exact) mass is 243 g/mol. The molecule has 0 saturated carbocycles. The molecular formula is C10H10ClNO4. The van der Waals surface area contributed by atoms with Crippen LogP contribution in [0.5, 0.6) is 0 Å². The van der Waals surface area contributed by atoms with Crippen LogP contribution in [0.4, 0.5) is 5.69 Å². The van der Waals surface area contributed by atoms with Gasteiger partial charge >= 0.3 is 0 Å². The Hall–Kier alpha value is -1.17. The van der Waals surface area contributed by atoms with E-state index in [1.807, 2.05) is 0 Å². The van der Waals surface area contributed by atoms with E-state index in [9.17, 15) is 10.1 Å². The van der Waals surface area contributed by atoms with Crippen LogP contribution in [0.3, 0.4) is 0 Å². The fourth-order valence-corrected chi connectivity index (χ4v) is 1.65. The summed E-state index contributed by atoms with van der Waals surface area (Å²) >= 11 is 5.63. The summed E-state index contributed by atoms with van der Waals surface area (Å²) in [7, 11) is 0. The number of alkyl halides is 1. The third-order valence-corrected chi connectivity index (χ3v) is 2.62. The Morgan fingerprint density at radius 3 is 3.00 bits per heavy atom. The number of hydrogen-bond acceptors (Lipinski definition) is 4. The standard InChI is InChI=1S/C10H10ClNO4/c11-5-9-6-15-10(16-9)7-2-1-3-8(4-7)12(13)14/h1-4,9-10H,5-6H2/t9-,10-/m0/s1. The fraction of sp³-hybridized carbons (Fsp3) is 0.400. The highest BCUT2D eigenvalue weighted by Gasteiger charge is 2.27. The molecule has 0 spiro atoms. The van der Waals surface area contributed by atoms with Crippen LogP contribution >= 0.6 is 11.6 Å². The minimum absolute atomic E-state index is 0.0269. The van der Waals surface area contributed by atoms with E-state index >= 15 is 0 Å². The summed E-state index contributed by atoms with van der Waals surface area (Å²) in [4.78, 5) is 10.1. The van der Waals surface area contributed by atoms with Gasteiger partial charge in [-0.3, -0.25) is 10.1 Å². The first-order chi connectivity index (χ1) is 7.70. The normalized spacial score (nSPS) is 24.6. The Kier molecular flexibility index (Phi) is 3.38. The smallest absolute Gasteiger partial charge is 0.269 e. The number of benzene rings is 1. The molecule has 1 aliphatic heterocycles. The van der Waals surface area contributed by atoms with Crippen LogP contribution in [-0.2, 0) is 9.47 Å². The minimum Gasteiger partial charge on any atom is -0.346 e. The predicted molar refractivity (Wildman–Crippen MR) is 57.4 cm³/mol. The van der Waals surface area contributed by atoms with Gasteiger partial charge in [-0.15, -0.1) is 11.6 Å². The van der Waals surface area contributed by atoms with Crippen LogP contribution in [0.25, 0.3) is 0 Å². The predicted octanol–water partition coefficient (Wildman–Crippen LogP) is 2.25. The highest BCUT2D eigenvalue weighted by molar-refractivity contribution is 6.18. The van der Waals surface area contributed by atoms with Crippen molar-refractivity contribution in [1.82, 2.24) is 0 Å². The van der Waals surface area contributed by atoms with Gasteiger partial charge in [0.25, 0.3) is 5.69 Å². The fourth-order valence-electron chi connectivity index (χ4n) is 1.49. The summed E-state index contributed by atoms with van der Waals surface area (Å²) in [6.45, 7) is 0.414. The molecule has 0 bridgehead atoms. The number of nitrogens with zero attached hydrogens (tertiary/aromatic N) is 1. The van der Waals surface area contributed by atoms with Crippen molar-refractivity contribution in [2.75, 3.05) is 12.5 Å². The summed E-state index contributed by atoms with van der Waals surface area (Å²) in [6.07, 6.45) is -0.699. The van der Waals surface area contributed by atoms with Gasteiger partial charge in [-0.1, -0.05) is 12.1 Å². The second kappa shape index (κ2) is 4.78. The van der Waals surface area contributed by atoms with E-state index in [4.69, 9.17) is 21.1 Å². The Bertz CT molecular complexity index is 398. The highest BCUT2D eigenvalue weighted by atomic mass is 35.5. The Morgan fingerprint density at radius 1 is 1.56 bits per heavy atom. The molecule has 0 aliphatic carbocycles. The number of halogens is 1. The molecule has 0 amide bonds. The van der Waals surface area contributed by atoms with E-state index in [1.54, 1.807) is 12.1 Å². The SMILES string of the molecule is O=[N+]([O-])c1cccc([C@H]2OC[C@H](CCl)O2)c1.